The van der Waals surface area contributed by atoms with E-state index in [-0.39, 0.29) is 12.0 Å². The van der Waals surface area contributed by atoms with Crippen molar-refractivity contribution in [3.63, 3.8) is 0 Å². The third-order valence-corrected chi connectivity index (χ3v) is 2.80. The van der Waals surface area contributed by atoms with Gasteiger partial charge < -0.3 is 4.74 Å². The Morgan fingerprint density at radius 3 is 2.83 bits per heavy atom. The number of hydrogen-bond acceptors (Lipinski definition) is 3. The van der Waals surface area contributed by atoms with Crippen molar-refractivity contribution in [2.75, 3.05) is 6.61 Å². The first kappa shape index (κ1) is 12.6. The predicted molar refractivity (Wildman–Crippen MR) is 71.8 cm³/mol. The van der Waals surface area contributed by atoms with Gasteiger partial charge in [-0.25, -0.2) is 4.79 Å². The first-order chi connectivity index (χ1) is 8.83. The van der Waals surface area contributed by atoms with E-state index in [0.717, 1.165) is 30.5 Å². The summed E-state index contributed by atoms with van der Waals surface area (Å²) in [4.78, 5) is 15.8. The summed E-state index contributed by atoms with van der Waals surface area (Å²) in [5.74, 6) is -0.229. The molecule has 1 atom stereocenters. The second kappa shape index (κ2) is 6.15. The Kier molecular flexibility index (Phi) is 4.29. The molecule has 0 fully saturated rings. The van der Waals surface area contributed by atoms with Gasteiger partial charge in [-0.05, 0) is 24.8 Å². The van der Waals surface area contributed by atoms with E-state index < -0.39 is 0 Å². The Morgan fingerprint density at radius 2 is 2.11 bits per heavy atom. The lowest BCUT2D eigenvalue weighted by Gasteiger charge is -2.02. The highest BCUT2D eigenvalue weighted by atomic mass is 16.5. The van der Waals surface area contributed by atoms with Crippen LogP contribution in [0.3, 0.4) is 0 Å². The molecule has 94 valence electrons. The van der Waals surface area contributed by atoms with Crippen LogP contribution < -0.4 is 0 Å². The number of rotatable bonds is 7. The molecule has 3 heteroatoms. The second-order valence-electron chi connectivity index (χ2n) is 4.23. The van der Waals surface area contributed by atoms with Crippen molar-refractivity contribution in [3.8, 4) is 0 Å². The molecule has 0 aliphatic carbocycles. The van der Waals surface area contributed by atoms with Gasteiger partial charge in [-0.3, -0.25) is 4.99 Å². The number of carbonyl (C=O) groups is 1. The Morgan fingerprint density at radius 1 is 1.33 bits per heavy atom. The van der Waals surface area contributed by atoms with Gasteiger partial charge in [-0.1, -0.05) is 36.4 Å². The topological polar surface area (TPSA) is 38.7 Å². The molecular formula is C15H17NO2. The Balaban J connectivity index is 1.69. The van der Waals surface area contributed by atoms with Crippen molar-refractivity contribution >= 4 is 11.7 Å². The zero-order chi connectivity index (χ0) is 12.8. The van der Waals surface area contributed by atoms with Crippen molar-refractivity contribution in [1.82, 2.24) is 0 Å². The normalized spacial score (nSPS) is 16.9. The molecular weight excluding hydrogens is 226 g/mol. The lowest BCUT2D eigenvalue weighted by atomic mass is 10.1. The highest BCUT2D eigenvalue weighted by molar-refractivity contribution is 6.24. The molecule has 1 aliphatic heterocycles. The van der Waals surface area contributed by atoms with E-state index in [4.69, 9.17) is 4.74 Å². The number of nitrogens with zero attached hydrogens (tertiary/aromatic N) is 1. The summed E-state index contributed by atoms with van der Waals surface area (Å²) in [6, 6.07) is 9.36. The molecule has 0 N–H and O–H groups in total. The molecule has 0 amide bonds. The van der Waals surface area contributed by atoms with E-state index >= 15 is 0 Å². The molecule has 0 saturated heterocycles. The number of unbranched alkanes of at least 4 members (excludes halogenated alkanes) is 2. The van der Waals surface area contributed by atoms with Crippen LogP contribution >= 0.6 is 0 Å². The van der Waals surface area contributed by atoms with Gasteiger partial charge in [0.15, 0.2) is 6.04 Å². The average Bonchev–Trinajstić information content (AvgIpc) is 3.20. The summed E-state index contributed by atoms with van der Waals surface area (Å²) >= 11 is 0. The Labute approximate surface area is 107 Å². The van der Waals surface area contributed by atoms with Crippen LogP contribution in [0.25, 0.3) is 0 Å². The Hall–Kier alpha value is -1.90. The van der Waals surface area contributed by atoms with E-state index in [1.165, 1.54) is 0 Å². The van der Waals surface area contributed by atoms with Gasteiger partial charge in [0.2, 0.25) is 0 Å². The molecule has 1 aromatic rings. The third-order valence-electron chi connectivity index (χ3n) is 2.80. The van der Waals surface area contributed by atoms with E-state index in [2.05, 4.69) is 11.6 Å². The van der Waals surface area contributed by atoms with Gasteiger partial charge >= 0.3 is 5.97 Å². The van der Waals surface area contributed by atoms with Crippen molar-refractivity contribution in [3.05, 3.63) is 48.6 Å². The second-order valence-corrected chi connectivity index (χ2v) is 4.23. The third kappa shape index (κ3) is 3.29. The fraction of sp³-hybridized carbons (Fsp3) is 0.333. The smallest absolute Gasteiger partial charge is 0.337 e. The lowest BCUT2D eigenvalue weighted by molar-refractivity contribution is -0.142. The summed E-state index contributed by atoms with van der Waals surface area (Å²) in [6.45, 7) is 4.12. The number of esters is 1. The highest BCUT2D eigenvalue weighted by Crippen LogP contribution is 2.21. The fourth-order valence-electron chi connectivity index (χ4n) is 1.75. The van der Waals surface area contributed by atoms with Gasteiger partial charge in [0.05, 0.1) is 12.3 Å². The molecule has 1 unspecified atom stereocenters. The van der Waals surface area contributed by atoms with Gasteiger partial charge in [0, 0.05) is 0 Å². The van der Waals surface area contributed by atoms with Crippen molar-refractivity contribution in [2.24, 2.45) is 4.99 Å². The molecule has 18 heavy (non-hydrogen) atoms. The van der Waals surface area contributed by atoms with Gasteiger partial charge in [-0.15, -0.1) is 6.58 Å². The summed E-state index contributed by atoms with van der Waals surface area (Å²) in [5.41, 5.74) is 1.85. The zero-order valence-corrected chi connectivity index (χ0v) is 10.3. The Bertz CT molecular complexity index is 451. The molecule has 1 aliphatic rings. The van der Waals surface area contributed by atoms with Crippen LogP contribution in [0.1, 0.15) is 24.8 Å². The first-order valence-electron chi connectivity index (χ1n) is 6.23. The molecule has 0 spiro atoms. The number of ether oxygens (including phenoxy) is 1. The predicted octanol–water partition coefficient (Wildman–Crippen LogP) is 2.76. The number of carbonyl (C=O) groups excluding carboxylic acids is 1. The van der Waals surface area contributed by atoms with E-state index in [9.17, 15) is 4.79 Å². The van der Waals surface area contributed by atoms with Crippen molar-refractivity contribution in [1.29, 1.82) is 0 Å². The van der Waals surface area contributed by atoms with Gasteiger partial charge in [0.25, 0.3) is 0 Å². The molecule has 2 rings (SSSR count). The summed E-state index contributed by atoms with van der Waals surface area (Å²) < 4.78 is 5.18. The van der Waals surface area contributed by atoms with Crippen LogP contribution in [0.4, 0.5) is 0 Å². The lowest BCUT2D eigenvalue weighted by Crippen LogP contribution is -2.17. The first-order valence-corrected chi connectivity index (χ1v) is 6.23. The van der Waals surface area contributed by atoms with Crippen molar-refractivity contribution < 1.29 is 9.53 Å². The molecule has 0 aromatic heterocycles. The maximum absolute atomic E-state index is 11.7. The largest absolute Gasteiger partial charge is 0.464 e. The number of allylic oxidation sites excluding steroid dienone is 1. The fourth-order valence-corrected chi connectivity index (χ4v) is 1.75. The summed E-state index contributed by atoms with van der Waals surface area (Å²) in [5, 5.41) is 0. The van der Waals surface area contributed by atoms with Crippen LogP contribution in [-0.4, -0.2) is 24.3 Å². The SMILES string of the molecule is C=CCCCCOC(=O)C1N=C1c1ccccc1. The maximum Gasteiger partial charge on any atom is 0.337 e. The summed E-state index contributed by atoms with van der Waals surface area (Å²) in [7, 11) is 0. The average molecular weight is 243 g/mol. The monoisotopic (exact) mass is 243 g/mol. The number of hydrogen-bond donors (Lipinski definition) is 0. The van der Waals surface area contributed by atoms with Gasteiger partial charge in [0.1, 0.15) is 0 Å². The molecule has 1 aromatic carbocycles. The molecule has 0 bridgehead atoms. The van der Waals surface area contributed by atoms with Crippen LogP contribution in [0.5, 0.6) is 0 Å². The number of benzene rings is 1. The number of aliphatic imine (C=N–C) groups is 1. The van der Waals surface area contributed by atoms with Crippen LogP contribution in [0, 0.1) is 0 Å². The van der Waals surface area contributed by atoms with Crippen LogP contribution in [-0.2, 0) is 9.53 Å². The van der Waals surface area contributed by atoms with Crippen LogP contribution in [0.2, 0.25) is 0 Å². The van der Waals surface area contributed by atoms with E-state index in [1.54, 1.807) is 0 Å². The zero-order valence-electron chi connectivity index (χ0n) is 10.3. The maximum atomic E-state index is 11.7. The van der Waals surface area contributed by atoms with Crippen molar-refractivity contribution in [2.45, 2.75) is 25.3 Å². The minimum atomic E-state index is -0.369. The van der Waals surface area contributed by atoms with E-state index in [1.807, 2.05) is 36.4 Å². The molecule has 0 saturated carbocycles. The minimum absolute atomic E-state index is 0.229. The molecule has 1 heterocycles. The standard InChI is InChI=1S/C15H17NO2/c1-2-3-4-8-11-18-15(17)14-13(16-14)12-9-6-5-7-10-12/h2,5-7,9-10,14H,1,3-4,8,11H2. The molecule has 3 nitrogen and oxygen atoms in total. The quantitative estimate of drug-likeness (QED) is 0.419. The molecule has 0 radical (unpaired) electrons. The van der Waals surface area contributed by atoms with Gasteiger partial charge in [-0.2, -0.15) is 0 Å². The summed E-state index contributed by atoms with van der Waals surface area (Å²) in [6.07, 6.45) is 4.73. The minimum Gasteiger partial charge on any atom is -0.464 e. The van der Waals surface area contributed by atoms with Crippen LogP contribution in [0.15, 0.2) is 48.0 Å². The highest BCUT2D eigenvalue weighted by Gasteiger charge is 2.37. The van der Waals surface area contributed by atoms with E-state index in [0.29, 0.717) is 6.61 Å².